The van der Waals surface area contributed by atoms with Crippen LogP contribution in [0.25, 0.3) is 0 Å². The summed E-state index contributed by atoms with van der Waals surface area (Å²) >= 11 is 3.54. The van der Waals surface area contributed by atoms with E-state index < -0.39 is 17.6 Å². The maximum Gasteiger partial charge on any atom is 0.179 e. The number of ketones is 2. The number of hydrogen-bond acceptors (Lipinski definition) is 3. The van der Waals surface area contributed by atoms with Crippen LogP contribution in [0, 0.1) is 0 Å². The second-order valence-corrected chi connectivity index (χ2v) is 7.34. The van der Waals surface area contributed by atoms with Crippen LogP contribution in [-0.2, 0) is 27.2 Å². The van der Waals surface area contributed by atoms with Crippen LogP contribution in [0.1, 0.15) is 56.2 Å². The van der Waals surface area contributed by atoms with Crippen LogP contribution in [-0.4, -0.2) is 23.3 Å². The highest BCUT2D eigenvalue weighted by Gasteiger charge is 2.56. The Kier molecular flexibility index (Phi) is 4.02. The lowest BCUT2D eigenvalue weighted by Crippen LogP contribution is -2.49. The molecule has 3 rings (SSSR count). The van der Waals surface area contributed by atoms with Crippen molar-refractivity contribution >= 4 is 27.5 Å². The third-order valence-corrected chi connectivity index (χ3v) is 5.50. The summed E-state index contributed by atoms with van der Waals surface area (Å²) in [5.41, 5.74) is 2.32. The molecule has 4 heteroatoms. The van der Waals surface area contributed by atoms with Gasteiger partial charge in [-0.2, -0.15) is 0 Å². The number of aryl methyl sites for hydroxylation is 2. The number of fused-ring (bicyclic) bond motifs is 2. The van der Waals surface area contributed by atoms with Crippen molar-refractivity contribution in [1.29, 1.82) is 0 Å². The quantitative estimate of drug-likeness (QED) is 0.767. The second-order valence-electron chi connectivity index (χ2n) is 6.42. The number of halogens is 1. The standard InChI is InChI=1S/C18H21BrO3/c1-4-10-8-12(19)9-11(5-2)14(10)15-16(20)13-6-7-18(3,22-13)17(15)21/h8-9,13,15H,4-7H2,1-3H3. The zero-order chi connectivity index (χ0) is 16.1. The summed E-state index contributed by atoms with van der Waals surface area (Å²) in [5.74, 6) is -0.756. The predicted octanol–water partition coefficient (Wildman–Crippen LogP) is 3.75. The number of ether oxygens (including phenoxy) is 1. The molecule has 0 aromatic heterocycles. The molecule has 2 heterocycles. The first kappa shape index (κ1) is 15.9. The van der Waals surface area contributed by atoms with Gasteiger partial charge in [0.15, 0.2) is 11.6 Å². The Morgan fingerprint density at radius 3 is 2.36 bits per heavy atom. The van der Waals surface area contributed by atoms with E-state index in [9.17, 15) is 9.59 Å². The van der Waals surface area contributed by atoms with Gasteiger partial charge in [0.25, 0.3) is 0 Å². The number of benzene rings is 1. The van der Waals surface area contributed by atoms with Crippen LogP contribution in [0.2, 0.25) is 0 Å². The highest BCUT2D eigenvalue weighted by atomic mass is 79.9. The summed E-state index contributed by atoms with van der Waals surface area (Å²) in [6.07, 6.45) is 2.52. The van der Waals surface area contributed by atoms with Gasteiger partial charge in [-0.3, -0.25) is 9.59 Å². The Balaban J connectivity index is 2.18. The van der Waals surface area contributed by atoms with Gasteiger partial charge in [-0.15, -0.1) is 0 Å². The molecule has 3 nitrogen and oxygen atoms in total. The summed E-state index contributed by atoms with van der Waals surface area (Å²) in [5, 5.41) is 0. The fraction of sp³-hybridized carbons (Fsp3) is 0.556. The van der Waals surface area contributed by atoms with Crippen LogP contribution in [0.5, 0.6) is 0 Å². The van der Waals surface area contributed by atoms with E-state index in [2.05, 4.69) is 29.8 Å². The Morgan fingerprint density at radius 1 is 1.23 bits per heavy atom. The summed E-state index contributed by atoms with van der Waals surface area (Å²) < 4.78 is 6.73. The van der Waals surface area contributed by atoms with Gasteiger partial charge in [-0.1, -0.05) is 29.8 Å². The highest BCUT2D eigenvalue weighted by Crippen LogP contribution is 2.45. The van der Waals surface area contributed by atoms with Gasteiger partial charge in [-0.25, -0.2) is 0 Å². The minimum Gasteiger partial charge on any atom is -0.356 e. The molecule has 3 atom stereocenters. The lowest BCUT2D eigenvalue weighted by atomic mass is 9.77. The van der Waals surface area contributed by atoms with Crippen molar-refractivity contribution in [3.8, 4) is 0 Å². The van der Waals surface area contributed by atoms with Crippen molar-refractivity contribution in [1.82, 2.24) is 0 Å². The van der Waals surface area contributed by atoms with E-state index in [1.807, 2.05) is 19.1 Å². The molecular weight excluding hydrogens is 344 g/mol. The van der Waals surface area contributed by atoms with E-state index in [-0.39, 0.29) is 11.6 Å². The minimum atomic E-state index is -0.785. The molecule has 3 unspecified atom stereocenters. The van der Waals surface area contributed by atoms with E-state index in [1.165, 1.54) is 0 Å². The van der Waals surface area contributed by atoms with Crippen LogP contribution in [0.3, 0.4) is 0 Å². The number of carbonyl (C=O) groups is 2. The Hall–Kier alpha value is -1.00. The fourth-order valence-corrected chi connectivity index (χ4v) is 4.36. The highest BCUT2D eigenvalue weighted by molar-refractivity contribution is 9.10. The summed E-state index contributed by atoms with van der Waals surface area (Å²) in [4.78, 5) is 25.8. The van der Waals surface area contributed by atoms with E-state index >= 15 is 0 Å². The lowest BCUT2D eigenvalue weighted by molar-refractivity contribution is -0.160. The van der Waals surface area contributed by atoms with E-state index in [0.717, 1.165) is 34.0 Å². The molecule has 2 aliphatic heterocycles. The first-order valence-corrected chi connectivity index (χ1v) is 8.77. The van der Waals surface area contributed by atoms with Gasteiger partial charge in [0.05, 0.1) is 0 Å². The molecular formula is C18H21BrO3. The minimum absolute atomic E-state index is 0.0494. The maximum absolute atomic E-state index is 13.0. The summed E-state index contributed by atoms with van der Waals surface area (Å²) in [6, 6.07) is 4.07. The van der Waals surface area contributed by atoms with Crippen molar-refractivity contribution in [3.05, 3.63) is 33.3 Å². The molecule has 2 saturated heterocycles. The first-order valence-electron chi connectivity index (χ1n) is 7.98. The molecule has 0 spiro atoms. The number of hydrogen-bond donors (Lipinski definition) is 0. The molecule has 22 heavy (non-hydrogen) atoms. The van der Waals surface area contributed by atoms with Gasteiger partial charge in [0.2, 0.25) is 0 Å². The SMILES string of the molecule is CCc1cc(Br)cc(CC)c1C1C(=O)C2CCC(C)(O2)C1=O. The van der Waals surface area contributed by atoms with Crippen LogP contribution < -0.4 is 0 Å². The smallest absolute Gasteiger partial charge is 0.179 e. The fourth-order valence-electron chi connectivity index (χ4n) is 3.81. The largest absolute Gasteiger partial charge is 0.356 e. The molecule has 0 radical (unpaired) electrons. The zero-order valence-corrected chi connectivity index (χ0v) is 14.8. The first-order chi connectivity index (χ1) is 10.4. The molecule has 0 aliphatic carbocycles. The van der Waals surface area contributed by atoms with E-state index in [0.29, 0.717) is 12.8 Å². The molecule has 2 fully saturated rings. The third-order valence-electron chi connectivity index (χ3n) is 5.04. The molecule has 1 aromatic carbocycles. The monoisotopic (exact) mass is 364 g/mol. The molecule has 0 N–H and O–H groups in total. The topological polar surface area (TPSA) is 43.4 Å². The van der Waals surface area contributed by atoms with Gasteiger partial charge < -0.3 is 4.74 Å². The molecule has 0 amide bonds. The maximum atomic E-state index is 13.0. The van der Waals surface area contributed by atoms with Gasteiger partial charge in [0.1, 0.15) is 17.6 Å². The van der Waals surface area contributed by atoms with Crippen LogP contribution in [0.15, 0.2) is 16.6 Å². The molecule has 2 bridgehead atoms. The molecule has 118 valence electrons. The Morgan fingerprint density at radius 2 is 1.82 bits per heavy atom. The second kappa shape index (κ2) is 5.57. The predicted molar refractivity (Wildman–Crippen MR) is 88.2 cm³/mol. The molecule has 2 aliphatic rings. The zero-order valence-electron chi connectivity index (χ0n) is 13.2. The number of carbonyl (C=O) groups excluding carboxylic acids is 2. The molecule has 0 saturated carbocycles. The normalized spacial score (nSPS) is 30.9. The van der Waals surface area contributed by atoms with Crippen molar-refractivity contribution < 1.29 is 14.3 Å². The Bertz CT molecular complexity index is 627. The third kappa shape index (κ3) is 2.28. The van der Waals surface area contributed by atoms with E-state index in [4.69, 9.17) is 4.74 Å². The summed E-state index contributed by atoms with van der Waals surface area (Å²) in [7, 11) is 0. The van der Waals surface area contributed by atoms with Gasteiger partial charge in [0, 0.05) is 4.47 Å². The molecule has 1 aromatic rings. The van der Waals surface area contributed by atoms with Crippen molar-refractivity contribution in [3.63, 3.8) is 0 Å². The van der Waals surface area contributed by atoms with Crippen molar-refractivity contribution in [2.24, 2.45) is 0 Å². The average Bonchev–Trinajstić information content (AvgIpc) is 2.87. The van der Waals surface area contributed by atoms with Gasteiger partial charge >= 0.3 is 0 Å². The Labute approximate surface area is 139 Å². The average molecular weight is 365 g/mol. The van der Waals surface area contributed by atoms with Crippen LogP contribution in [0.4, 0.5) is 0 Å². The number of rotatable bonds is 3. The van der Waals surface area contributed by atoms with Crippen molar-refractivity contribution in [2.75, 3.05) is 0 Å². The van der Waals surface area contributed by atoms with Crippen LogP contribution >= 0.6 is 15.9 Å². The summed E-state index contributed by atoms with van der Waals surface area (Å²) in [6.45, 7) is 5.97. The van der Waals surface area contributed by atoms with Gasteiger partial charge in [-0.05, 0) is 61.4 Å². The van der Waals surface area contributed by atoms with Crippen molar-refractivity contribution in [2.45, 2.75) is 64.1 Å². The van der Waals surface area contributed by atoms with E-state index in [1.54, 1.807) is 0 Å². The number of Topliss-reactive ketones (excluding diaryl/α,β-unsaturated/α-hetero) is 2. The lowest BCUT2D eigenvalue weighted by Gasteiger charge is -2.34.